The van der Waals surface area contributed by atoms with Crippen LogP contribution in [0.25, 0.3) is 0 Å². The molecule has 0 aromatic rings. The second-order valence-electron chi connectivity index (χ2n) is 5.52. The van der Waals surface area contributed by atoms with Gasteiger partial charge in [-0.2, -0.15) is 0 Å². The van der Waals surface area contributed by atoms with E-state index in [9.17, 15) is 4.79 Å². The summed E-state index contributed by atoms with van der Waals surface area (Å²) in [7, 11) is 0. The van der Waals surface area contributed by atoms with E-state index in [0.29, 0.717) is 6.04 Å². The zero-order valence-electron chi connectivity index (χ0n) is 10.8. The molecule has 0 saturated carbocycles. The van der Waals surface area contributed by atoms with E-state index < -0.39 is 5.97 Å². The molecule has 0 radical (unpaired) electrons. The van der Waals surface area contributed by atoms with Gasteiger partial charge in [0.2, 0.25) is 0 Å². The Balaban J connectivity index is 2.88. The summed E-state index contributed by atoms with van der Waals surface area (Å²) in [6.45, 7) is 10.4. The van der Waals surface area contributed by atoms with Gasteiger partial charge in [0.1, 0.15) is 0 Å². The summed E-state index contributed by atoms with van der Waals surface area (Å²) >= 11 is 0. The predicted molar refractivity (Wildman–Crippen MR) is 64.6 cm³/mol. The quantitative estimate of drug-likeness (QED) is 0.765. The Kier molecular flexibility index (Phi) is 4.33. The number of carbonyl (C=O) groups is 1. The zero-order valence-corrected chi connectivity index (χ0v) is 10.8. The highest BCUT2D eigenvalue weighted by Crippen LogP contribution is 2.27. The first-order chi connectivity index (χ1) is 7.34. The van der Waals surface area contributed by atoms with Gasteiger partial charge in [-0.3, -0.25) is 9.69 Å². The van der Waals surface area contributed by atoms with Crippen LogP contribution in [0.15, 0.2) is 0 Å². The van der Waals surface area contributed by atoms with E-state index in [4.69, 9.17) is 5.11 Å². The molecule has 2 N–H and O–H groups in total. The number of aliphatic carboxylic acids is 1. The Morgan fingerprint density at radius 1 is 1.56 bits per heavy atom. The van der Waals surface area contributed by atoms with Gasteiger partial charge in [0.15, 0.2) is 0 Å². The molecule has 1 unspecified atom stereocenters. The summed E-state index contributed by atoms with van der Waals surface area (Å²) in [5.74, 6) is -0.713. The minimum absolute atomic E-state index is 0.0672. The highest BCUT2D eigenvalue weighted by Gasteiger charge is 2.36. The first kappa shape index (κ1) is 13.5. The molecule has 0 amide bonds. The number of carboxylic acid groups (broad SMARTS) is 1. The van der Waals surface area contributed by atoms with Gasteiger partial charge in [0.25, 0.3) is 0 Å². The van der Waals surface area contributed by atoms with Crippen molar-refractivity contribution in [2.24, 2.45) is 0 Å². The summed E-state index contributed by atoms with van der Waals surface area (Å²) in [5.41, 5.74) is 0.0672. The molecular weight excluding hydrogens is 204 g/mol. The molecule has 1 aliphatic heterocycles. The van der Waals surface area contributed by atoms with Gasteiger partial charge in [0, 0.05) is 24.2 Å². The minimum Gasteiger partial charge on any atom is -0.481 e. The first-order valence-corrected chi connectivity index (χ1v) is 6.05. The van der Waals surface area contributed by atoms with Crippen LogP contribution in [0.5, 0.6) is 0 Å². The van der Waals surface area contributed by atoms with Crippen molar-refractivity contribution in [3.63, 3.8) is 0 Å². The molecule has 1 atom stereocenters. The average molecular weight is 228 g/mol. The van der Waals surface area contributed by atoms with Gasteiger partial charge < -0.3 is 10.4 Å². The van der Waals surface area contributed by atoms with Crippen molar-refractivity contribution < 1.29 is 9.90 Å². The lowest BCUT2D eigenvalue weighted by molar-refractivity contribution is -0.139. The van der Waals surface area contributed by atoms with E-state index in [2.05, 4.69) is 37.9 Å². The Bertz CT molecular complexity index is 251. The Morgan fingerprint density at radius 3 is 2.69 bits per heavy atom. The third-order valence-corrected chi connectivity index (χ3v) is 3.35. The molecule has 0 aromatic carbocycles. The van der Waals surface area contributed by atoms with Gasteiger partial charge >= 0.3 is 5.97 Å². The lowest BCUT2D eigenvalue weighted by Gasteiger charge is -2.44. The van der Waals surface area contributed by atoms with Crippen molar-refractivity contribution in [2.45, 2.75) is 58.2 Å². The maximum Gasteiger partial charge on any atom is 0.304 e. The van der Waals surface area contributed by atoms with Crippen LogP contribution in [0, 0.1) is 0 Å². The average Bonchev–Trinajstić information content (AvgIpc) is 2.22. The van der Waals surface area contributed by atoms with Crippen molar-refractivity contribution >= 4 is 5.97 Å². The molecule has 0 bridgehead atoms. The number of nitrogens with zero attached hydrogens (tertiary/aromatic N) is 1. The SMILES string of the molecule is CC(C)N1C(CC(=O)O)CNCCC1(C)C. The third kappa shape index (κ3) is 3.19. The van der Waals surface area contributed by atoms with Crippen LogP contribution in [-0.4, -0.2) is 46.7 Å². The molecule has 1 rings (SSSR count). The smallest absolute Gasteiger partial charge is 0.304 e. The lowest BCUT2D eigenvalue weighted by atomic mass is 9.94. The van der Waals surface area contributed by atoms with Crippen LogP contribution in [0.1, 0.15) is 40.5 Å². The van der Waals surface area contributed by atoms with E-state index in [0.717, 1.165) is 19.5 Å². The molecule has 1 heterocycles. The maximum absolute atomic E-state index is 10.9. The van der Waals surface area contributed by atoms with Crippen LogP contribution < -0.4 is 5.32 Å². The zero-order chi connectivity index (χ0) is 12.3. The van der Waals surface area contributed by atoms with Crippen molar-refractivity contribution in [3.05, 3.63) is 0 Å². The summed E-state index contributed by atoms with van der Waals surface area (Å²) in [5, 5.41) is 12.3. The van der Waals surface area contributed by atoms with Crippen molar-refractivity contribution in [3.8, 4) is 0 Å². The van der Waals surface area contributed by atoms with Gasteiger partial charge in [-0.15, -0.1) is 0 Å². The van der Waals surface area contributed by atoms with Crippen LogP contribution in [-0.2, 0) is 4.79 Å². The number of rotatable bonds is 3. The second kappa shape index (κ2) is 5.15. The third-order valence-electron chi connectivity index (χ3n) is 3.35. The number of carboxylic acids is 1. The molecule has 16 heavy (non-hydrogen) atoms. The number of nitrogens with one attached hydrogen (secondary N) is 1. The molecule has 0 aromatic heterocycles. The van der Waals surface area contributed by atoms with Crippen LogP contribution in [0.3, 0.4) is 0 Å². The summed E-state index contributed by atoms with van der Waals surface area (Å²) in [6, 6.07) is 0.467. The molecule has 4 heteroatoms. The molecule has 0 aliphatic carbocycles. The fourth-order valence-corrected chi connectivity index (χ4v) is 2.88. The molecule has 1 aliphatic rings. The fourth-order valence-electron chi connectivity index (χ4n) is 2.88. The highest BCUT2D eigenvalue weighted by atomic mass is 16.4. The highest BCUT2D eigenvalue weighted by molar-refractivity contribution is 5.67. The van der Waals surface area contributed by atoms with Crippen molar-refractivity contribution in [1.29, 1.82) is 0 Å². The van der Waals surface area contributed by atoms with E-state index in [1.807, 2.05) is 0 Å². The Labute approximate surface area is 98.0 Å². The predicted octanol–water partition coefficient (Wildman–Crippen LogP) is 1.31. The van der Waals surface area contributed by atoms with Crippen LogP contribution in [0.2, 0.25) is 0 Å². The minimum atomic E-state index is -0.713. The fraction of sp³-hybridized carbons (Fsp3) is 0.917. The Morgan fingerprint density at radius 2 is 2.19 bits per heavy atom. The second-order valence-corrected chi connectivity index (χ2v) is 5.52. The van der Waals surface area contributed by atoms with Crippen molar-refractivity contribution in [1.82, 2.24) is 10.2 Å². The van der Waals surface area contributed by atoms with E-state index >= 15 is 0 Å². The van der Waals surface area contributed by atoms with Gasteiger partial charge in [-0.1, -0.05) is 0 Å². The normalized spacial score (nSPS) is 26.7. The largest absolute Gasteiger partial charge is 0.481 e. The van der Waals surface area contributed by atoms with E-state index in [-0.39, 0.29) is 18.0 Å². The van der Waals surface area contributed by atoms with E-state index in [1.54, 1.807) is 0 Å². The molecular formula is C12H24N2O2. The van der Waals surface area contributed by atoms with Gasteiger partial charge in [-0.25, -0.2) is 0 Å². The topological polar surface area (TPSA) is 52.6 Å². The summed E-state index contributed by atoms with van der Waals surface area (Å²) in [4.78, 5) is 13.3. The summed E-state index contributed by atoms with van der Waals surface area (Å²) in [6.07, 6.45) is 1.27. The maximum atomic E-state index is 10.9. The molecule has 1 saturated heterocycles. The van der Waals surface area contributed by atoms with Crippen LogP contribution >= 0.6 is 0 Å². The first-order valence-electron chi connectivity index (χ1n) is 6.05. The monoisotopic (exact) mass is 228 g/mol. The molecule has 4 nitrogen and oxygen atoms in total. The van der Waals surface area contributed by atoms with E-state index in [1.165, 1.54) is 0 Å². The summed E-state index contributed by atoms with van der Waals surface area (Å²) < 4.78 is 0. The molecule has 94 valence electrons. The van der Waals surface area contributed by atoms with Crippen LogP contribution in [0.4, 0.5) is 0 Å². The molecule has 1 fully saturated rings. The van der Waals surface area contributed by atoms with Gasteiger partial charge in [-0.05, 0) is 40.7 Å². The van der Waals surface area contributed by atoms with Crippen molar-refractivity contribution in [2.75, 3.05) is 13.1 Å². The standard InChI is InChI=1S/C12H24N2O2/c1-9(2)14-10(7-11(15)16)8-13-6-5-12(14,3)4/h9-10,13H,5-8H2,1-4H3,(H,15,16). The molecule has 0 spiro atoms. The number of hydrogen-bond donors (Lipinski definition) is 2. The Hall–Kier alpha value is -0.610. The lowest BCUT2D eigenvalue weighted by Crippen LogP contribution is -2.54. The van der Waals surface area contributed by atoms with Gasteiger partial charge in [0.05, 0.1) is 6.42 Å². The number of hydrogen-bond acceptors (Lipinski definition) is 3.